The molecule has 0 aromatic heterocycles. The number of hydrogen-bond acceptors (Lipinski definition) is 4. The number of unbranched alkanes of at least 4 members (excludes halogenated alkanes) is 2. The molecule has 0 bridgehead atoms. The lowest BCUT2D eigenvalue weighted by atomic mass is 10.1. The van der Waals surface area contributed by atoms with Crippen molar-refractivity contribution in [1.82, 2.24) is 0 Å². The summed E-state index contributed by atoms with van der Waals surface area (Å²) in [5.41, 5.74) is 1.43. The SMILES string of the molecule is CCCCOc1cc(CCOCC)cc(OCCCC)c1[N+]#N. The van der Waals surface area contributed by atoms with Gasteiger partial charge in [-0.15, -0.1) is 0 Å². The minimum absolute atomic E-state index is 0.373. The van der Waals surface area contributed by atoms with Crippen molar-refractivity contribution in [1.29, 1.82) is 5.39 Å². The molecule has 0 amide bonds. The zero-order valence-electron chi connectivity index (χ0n) is 14.6. The third-order valence-corrected chi connectivity index (χ3v) is 3.45. The second-order valence-corrected chi connectivity index (χ2v) is 5.39. The lowest BCUT2D eigenvalue weighted by molar-refractivity contribution is 0.151. The first-order valence-corrected chi connectivity index (χ1v) is 8.62. The van der Waals surface area contributed by atoms with Crippen molar-refractivity contribution in [2.75, 3.05) is 26.4 Å². The van der Waals surface area contributed by atoms with Gasteiger partial charge in [0.05, 0.1) is 19.8 Å². The molecule has 5 heteroatoms. The Morgan fingerprint density at radius 3 is 1.91 bits per heavy atom. The van der Waals surface area contributed by atoms with E-state index in [2.05, 4.69) is 18.8 Å². The van der Waals surface area contributed by atoms with Crippen molar-refractivity contribution in [3.05, 3.63) is 22.7 Å². The molecule has 0 aliphatic rings. The highest BCUT2D eigenvalue weighted by Gasteiger charge is 2.25. The fraction of sp³-hybridized carbons (Fsp3) is 0.667. The number of benzene rings is 1. The Labute approximate surface area is 139 Å². The van der Waals surface area contributed by atoms with E-state index in [1.54, 1.807) is 0 Å². The summed E-state index contributed by atoms with van der Waals surface area (Å²) in [7, 11) is 0. The van der Waals surface area contributed by atoms with Crippen molar-refractivity contribution < 1.29 is 14.2 Å². The molecule has 23 heavy (non-hydrogen) atoms. The summed E-state index contributed by atoms with van der Waals surface area (Å²) in [4.78, 5) is 3.38. The fourth-order valence-corrected chi connectivity index (χ4v) is 2.09. The van der Waals surface area contributed by atoms with Crippen LogP contribution in [0.1, 0.15) is 52.0 Å². The van der Waals surface area contributed by atoms with Crippen LogP contribution in [0.5, 0.6) is 11.5 Å². The van der Waals surface area contributed by atoms with Gasteiger partial charge in [0.25, 0.3) is 0 Å². The van der Waals surface area contributed by atoms with E-state index < -0.39 is 0 Å². The smallest absolute Gasteiger partial charge is 0.467 e. The number of diazo groups is 1. The quantitative estimate of drug-likeness (QED) is 0.396. The first kappa shape index (κ1) is 19.2. The minimum atomic E-state index is 0.373. The van der Waals surface area contributed by atoms with Gasteiger partial charge < -0.3 is 14.2 Å². The van der Waals surface area contributed by atoms with Gasteiger partial charge >= 0.3 is 5.69 Å². The molecule has 0 fully saturated rings. The monoisotopic (exact) mass is 321 g/mol. The number of rotatable bonds is 12. The van der Waals surface area contributed by atoms with Gasteiger partial charge in [0.15, 0.2) is 4.98 Å². The molecule has 0 aliphatic carbocycles. The maximum Gasteiger partial charge on any atom is 0.467 e. The van der Waals surface area contributed by atoms with Gasteiger partial charge in [0.2, 0.25) is 16.9 Å². The largest absolute Gasteiger partial charge is 0.486 e. The van der Waals surface area contributed by atoms with E-state index in [4.69, 9.17) is 14.2 Å². The average molecular weight is 321 g/mol. The normalized spacial score (nSPS) is 10.3. The van der Waals surface area contributed by atoms with Crippen LogP contribution in [-0.4, -0.2) is 26.4 Å². The molecule has 0 unspecified atom stereocenters. The maximum absolute atomic E-state index is 9.36. The van der Waals surface area contributed by atoms with Crippen LogP contribution in [0.4, 0.5) is 5.69 Å². The number of nitrogens with zero attached hydrogens (tertiary/aromatic N) is 2. The Kier molecular flexibility index (Phi) is 9.81. The van der Waals surface area contributed by atoms with Crippen LogP contribution >= 0.6 is 0 Å². The van der Waals surface area contributed by atoms with Gasteiger partial charge in [-0.3, -0.25) is 0 Å². The van der Waals surface area contributed by atoms with Crippen molar-refractivity contribution in [3.8, 4) is 11.5 Å². The molecule has 0 heterocycles. The predicted molar refractivity (Wildman–Crippen MR) is 92.2 cm³/mol. The van der Waals surface area contributed by atoms with Gasteiger partial charge in [0.1, 0.15) is 0 Å². The van der Waals surface area contributed by atoms with Gasteiger partial charge in [-0.05, 0) is 43.9 Å². The van der Waals surface area contributed by atoms with Gasteiger partial charge in [-0.1, -0.05) is 26.7 Å². The molecule has 1 aromatic carbocycles. The first-order chi connectivity index (χ1) is 11.3. The molecular weight excluding hydrogens is 292 g/mol. The summed E-state index contributed by atoms with van der Waals surface area (Å²) in [6, 6.07) is 3.83. The second-order valence-electron chi connectivity index (χ2n) is 5.39. The fourth-order valence-electron chi connectivity index (χ4n) is 2.09. The highest BCUT2D eigenvalue weighted by atomic mass is 16.5. The van der Waals surface area contributed by atoms with E-state index >= 15 is 0 Å². The van der Waals surface area contributed by atoms with Crippen molar-refractivity contribution in [3.63, 3.8) is 0 Å². The van der Waals surface area contributed by atoms with Crippen LogP contribution < -0.4 is 9.47 Å². The number of ether oxygens (including phenoxy) is 3. The second kappa shape index (κ2) is 11.7. The van der Waals surface area contributed by atoms with Crippen LogP contribution in [-0.2, 0) is 11.2 Å². The molecular formula is C18H29N2O3+. The molecule has 128 valence electrons. The van der Waals surface area contributed by atoms with Crippen LogP contribution in [0.3, 0.4) is 0 Å². The Morgan fingerprint density at radius 2 is 1.48 bits per heavy atom. The lowest BCUT2D eigenvalue weighted by Crippen LogP contribution is -2.03. The van der Waals surface area contributed by atoms with E-state index in [0.717, 1.165) is 37.7 Å². The van der Waals surface area contributed by atoms with Crippen LogP contribution in [0.15, 0.2) is 12.1 Å². The third kappa shape index (κ3) is 6.87. The molecule has 0 saturated carbocycles. The first-order valence-electron chi connectivity index (χ1n) is 8.62. The predicted octanol–water partition coefficient (Wildman–Crippen LogP) is 5.11. The molecule has 0 radical (unpaired) electrons. The maximum atomic E-state index is 9.36. The molecule has 0 spiro atoms. The molecule has 0 N–H and O–H groups in total. The van der Waals surface area contributed by atoms with E-state index in [0.29, 0.717) is 43.6 Å². The lowest BCUT2D eigenvalue weighted by Gasteiger charge is -2.10. The van der Waals surface area contributed by atoms with Gasteiger partial charge in [-0.2, -0.15) is 0 Å². The van der Waals surface area contributed by atoms with Crippen LogP contribution in [0, 0.1) is 5.39 Å². The van der Waals surface area contributed by atoms with E-state index in [1.807, 2.05) is 19.1 Å². The molecule has 1 aromatic rings. The standard InChI is InChI=1S/C18H29N2O3/c1-4-7-10-22-16-13-15(9-12-21-6-3)14-17(18(16)20-19)23-11-8-5-2/h13-14H,4-12H2,1-3H3/q+1. The average Bonchev–Trinajstić information content (AvgIpc) is 2.55. The zero-order chi connectivity index (χ0) is 16.9. The third-order valence-electron chi connectivity index (χ3n) is 3.45. The van der Waals surface area contributed by atoms with Crippen LogP contribution in [0.25, 0.3) is 4.98 Å². The minimum Gasteiger partial charge on any atom is -0.486 e. The van der Waals surface area contributed by atoms with Crippen molar-refractivity contribution >= 4 is 5.69 Å². The summed E-state index contributed by atoms with van der Waals surface area (Å²) in [6.45, 7) is 8.74. The summed E-state index contributed by atoms with van der Waals surface area (Å²) in [5, 5.41) is 9.36. The number of hydrogen-bond donors (Lipinski definition) is 0. The molecule has 0 aliphatic heterocycles. The van der Waals surface area contributed by atoms with Crippen molar-refractivity contribution in [2.45, 2.75) is 52.9 Å². The van der Waals surface area contributed by atoms with E-state index in [9.17, 15) is 5.39 Å². The molecule has 0 atom stereocenters. The van der Waals surface area contributed by atoms with Gasteiger partial charge in [0, 0.05) is 6.61 Å². The van der Waals surface area contributed by atoms with Gasteiger partial charge in [-0.25, -0.2) is 0 Å². The van der Waals surface area contributed by atoms with Crippen LogP contribution in [0.2, 0.25) is 0 Å². The molecule has 5 nitrogen and oxygen atoms in total. The Hall–Kier alpha value is -1.80. The summed E-state index contributed by atoms with van der Waals surface area (Å²) < 4.78 is 17.0. The highest BCUT2D eigenvalue weighted by molar-refractivity contribution is 5.68. The summed E-state index contributed by atoms with van der Waals surface area (Å²) in [5.74, 6) is 1.14. The Bertz CT molecular complexity index is 467. The van der Waals surface area contributed by atoms with E-state index in [1.165, 1.54) is 0 Å². The highest BCUT2D eigenvalue weighted by Crippen LogP contribution is 2.39. The van der Waals surface area contributed by atoms with Crippen molar-refractivity contribution in [2.24, 2.45) is 0 Å². The summed E-state index contributed by atoms with van der Waals surface area (Å²) >= 11 is 0. The molecule has 0 saturated heterocycles. The molecule has 1 rings (SSSR count). The summed E-state index contributed by atoms with van der Waals surface area (Å²) in [6.07, 6.45) is 4.79. The Balaban J connectivity index is 2.95. The van der Waals surface area contributed by atoms with E-state index in [-0.39, 0.29) is 0 Å². The zero-order valence-corrected chi connectivity index (χ0v) is 14.6. The topological polar surface area (TPSA) is 55.8 Å². The Morgan fingerprint density at radius 1 is 0.913 bits per heavy atom.